The lowest BCUT2D eigenvalue weighted by Gasteiger charge is -2.18. The monoisotopic (exact) mass is 307 g/mol. The van der Waals surface area contributed by atoms with Crippen LogP contribution in [0.1, 0.15) is 22.8 Å². The van der Waals surface area contributed by atoms with E-state index >= 15 is 0 Å². The number of carbonyl (C=O) groups excluding carboxylic acids is 1. The molecule has 1 aromatic carbocycles. The number of nitrogens with zero attached hydrogens (tertiary/aromatic N) is 1. The van der Waals surface area contributed by atoms with Crippen molar-refractivity contribution in [3.8, 4) is 11.5 Å². The van der Waals surface area contributed by atoms with E-state index in [1.165, 1.54) is 14.2 Å². The van der Waals surface area contributed by atoms with Crippen molar-refractivity contribution in [2.45, 2.75) is 13.8 Å². The molecule has 0 radical (unpaired) electrons. The third-order valence-corrected chi connectivity index (χ3v) is 4.22. The molecular formula is C16H21NO5. The maximum Gasteiger partial charge on any atom is 0.308 e. The fourth-order valence-electron chi connectivity index (χ4n) is 2.85. The number of benzene rings is 1. The molecule has 0 unspecified atom stereocenters. The molecule has 120 valence electrons. The average Bonchev–Trinajstić information content (AvgIpc) is 2.89. The van der Waals surface area contributed by atoms with E-state index in [4.69, 9.17) is 9.47 Å². The summed E-state index contributed by atoms with van der Waals surface area (Å²) in [6.45, 7) is 4.37. The molecule has 0 aliphatic carbocycles. The summed E-state index contributed by atoms with van der Waals surface area (Å²) in [5.74, 6) is -0.489. The summed E-state index contributed by atoms with van der Waals surface area (Å²) < 4.78 is 10.6. The van der Waals surface area contributed by atoms with Crippen molar-refractivity contribution < 1.29 is 24.2 Å². The van der Waals surface area contributed by atoms with Gasteiger partial charge < -0.3 is 19.5 Å². The van der Waals surface area contributed by atoms with Gasteiger partial charge in [-0.15, -0.1) is 0 Å². The lowest BCUT2D eigenvalue weighted by atomic mass is 9.99. The van der Waals surface area contributed by atoms with Gasteiger partial charge in [0.2, 0.25) is 0 Å². The van der Waals surface area contributed by atoms with E-state index in [0.29, 0.717) is 23.6 Å². The largest absolute Gasteiger partial charge is 0.496 e. The van der Waals surface area contributed by atoms with Gasteiger partial charge in [0.15, 0.2) is 0 Å². The second-order valence-electron chi connectivity index (χ2n) is 5.64. The second kappa shape index (κ2) is 6.25. The van der Waals surface area contributed by atoms with Gasteiger partial charge in [0, 0.05) is 24.2 Å². The molecule has 0 bridgehead atoms. The van der Waals surface area contributed by atoms with Gasteiger partial charge >= 0.3 is 5.97 Å². The summed E-state index contributed by atoms with van der Waals surface area (Å²) in [6, 6.07) is 3.33. The number of carboxylic acid groups (broad SMARTS) is 1. The summed E-state index contributed by atoms with van der Waals surface area (Å²) in [6.07, 6.45) is 0. The molecule has 1 aliphatic heterocycles. The SMILES string of the molecule is COc1cc(C(=O)N2C[C@@H](C)[C@H](C(=O)O)C2)cc(OC)c1C. The van der Waals surface area contributed by atoms with Crippen molar-refractivity contribution >= 4 is 11.9 Å². The van der Waals surface area contributed by atoms with E-state index in [9.17, 15) is 14.7 Å². The van der Waals surface area contributed by atoms with Crippen molar-refractivity contribution in [3.63, 3.8) is 0 Å². The zero-order valence-corrected chi connectivity index (χ0v) is 13.3. The minimum atomic E-state index is -0.859. The highest BCUT2D eigenvalue weighted by molar-refractivity contribution is 5.96. The standard InChI is InChI=1S/C16H21NO5/c1-9-7-17(8-12(9)16(19)20)15(18)11-5-13(21-3)10(2)14(6-11)22-4/h5-6,9,12H,7-8H2,1-4H3,(H,19,20)/t9-,12-/m1/s1. The number of rotatable bonds is 4. The number of carboxylic acids is 1. The predicted molar refractivity (Wildman–Crippen MR) is 80.5 cm³/mol. The van der Waals surface area contributed by atoms with Crippen molar-refractivity contribution in [3.05, 3.63) is 23.3 Å². The Balaban J connectivity index is 2.29. The summed E-state index contributed by atoms with van der Waals surface area (Å²) >= 11 is 0. The molecule has 22 heavy (non-hydrogen) atoms. The Morgan fingerprint density at radius 2 is 1.73 bits per heavy atom. The number of amides is 1. The first-order chi connectivity index (χ1) is 10.4. The Hall–Kier alpha value is -2.24. The van der Waals surface area contributed by atoms with Crippen LogP contribution >= 0.6 is 0 Å². The molecule has 1 amide bonds. The van der Waals surface area contributed by atoms with Gasteiger partial charge in [-0.2, -0.15) is 0 Å². The zero-order chi connectivity index (χ0) is 16.4. The molecule has 1 aliphatic rings. The van der Waals surface area contributed by atoms with Crippen LogP contribution in [0, 0.1) is 18.8 Å². The van der Waals surface area contributed by atoms with Gasteiger partial charge in [-0.05, 0) is 25.0 Å². The molecule has 1 N–H and O–H groups in total. The summed E-state index contributed by atoms with van der Waals surface area (Å²) in [4.78, 5) is 25.4. The van der Waals surface area contributed by atoms with Crippen molar-refractivity contribution in [1.82, 2.24) is 4.90 Å². The second-order valence-corrected chi connectivity index (χ2v) is 5.64. The molecule has 1 saturated heterocycles. The first kappa shape index (κ1) is 16.1. The molecule has 6 nitrogen and oxygen atoms in total. The zero-order valence-electron chi connectivity index (χ0n) is 13.3. The van der Waals surface area contributed by atoms with E-state index in [0.717, 1.165) is 5.56 Å². The summed E-state index contributed by atoms with van der Waals surface area (Å²) in [5.41, 5.74) is 1.26. The number of likely N-dealkylation sites (tertiary alicyclic amines) is 1. The number of methoxy groups -OCH3 is 2. The Morgan fingerprint density at radius 1 is 1.18 bits per heavy atom. The molecule has 0 aromatic heterocycles. The lowest BCUT2D eigenvalue weighted by molar-refractivity contribution is -0.142. The molecule has 1 heterocycles. The highest BCUT2D eigenvalue weighted by atomic mass is 16.5. The first-order valence-electron chi connectivity index (χ1n) is 7.13. The van der Waals surface area contributed by atoms with Crippen LogP contribution < -0.4 is 9.47 Å². The number of carbonyl (C=O) groups is 2. The number of ether oxygens (including phenoxy) is 2. The van der Waals surface area contributed by atoms with E-state index in [2.05, 4.69) is 0 Å². The maximum atomic E-state index is 12.6. The third-order valence-electron chi connectivity index (χ3n) is 4.22. The summed E-state index contributed by atoms with van der Waals surface area (Å²) in [5, 5.41) is 9.18. The van der Waals surface area contributed by atoms with Crippen LogP contribution in [0.3, 0.4) is 0 Å². The fraction of sp³-hybridized carbons (Fsp3) is 0.500. The first-order valence-corrected chi connectivity index (χ1v) is 7.13. The van der Waals surface area contributed by atoms with E-state index < -0.39 is 11.9 Å². The highest BCUT2D eigenvalue weighted by Gasteiger charge is 2.37. The van der Waals surface area contributed by atoms with Crippen LogP contribution in [-0.4, -0.2) is 49.2 Å². The van der Waals surface area contributed by atoms with Crippen molar-refractivity contribution in [2.75, 3.05) is 27.3 Å². The van der Waals surface area contributed by atoms with Gasteiger partial charge in [0.1, 0.15) is 11.5 Å². The van der Waals surface area contributed by atoms with Crippen LogP contribution in [0.4, 0.5) is 0 Å². The molecule has 0 spiro atoms. The molecular weight excluding hydrogens is 286 g/mol. The van der Waals surface area contributed by atoms with Crippen LogP contribution in [0.2, 0.25) is 0 Å². The lowest BCUT2D eigenvalue weighted by Crippen LogP contribution is -2.30. The minimum absolute atomic E-state index is 0.0595. The predicted octanol–water partition coefficient (Wildman–Crippen LogP) is 1.80. The molecule has 0 saturated carbocycles. The Labute approximate surface area is 129 Å². The van der Waals surface area contributed by atoms with E-state index in [1.54, 1.807) is 17.0 Å². The minimum Gasteiger partial charge on any atom is -0.496 e. The fourth-order valence-corrected chi connectivity index (χ4v) is 2.85. The number of aliphatic carboxylic acids is 1. The van der Waals surface area contributed by atoms with Crippen LogP contribution in [0.25, 0.3) is 0 Å². The smallest absolute Gasteiger partial charge is 0.308 e. The quantitative estimate of drug-likeness (QED) is 0.918. The van der Waals surface area contributed by atoms with E-state index in [1.807, 2.05) is 13.8 Å². The molecule has 1 fully saturated rings. The van der Waals surface area contributed by atoms with Gasteiger partial charge in [-0.3, -0.25) is 9.59 Å². The maximum absolute atomic E-state index is 12.6. The normalized spacial score (nSPS) is 20.8. The Morgan fingerprint density at radius 3 is 2.14 bits per heavy atom. The van der Waals surface area contributed by atoms with Gasteiger partial charge in [0.05, 0.1) is 20.1 Å². The summed E-state index contributed by atoms with van der Waals surface area (Å²) in [7, 11) is 3.07. The van der Waals surface area contributed by atoms with Crippen LogP contribution in [-0.2, 0) is 4.79 Å². The topological polar surface area (TPSA) is 76.1 Å². The Bertz CT molecular complexity index is 573. The number of hydrogen-bond acceptors (Lipinski definition) is 4. The molecule has 2 atom stereocenters. The van der Waals surface area contributed by atoms with Crippen LogP contribution in [0.5, 0.6) is 11.5 Å². The van der Waals surface area contributed by atoms with Gasteiger partial charge in [-0.1, -0.05) is 6.92 Å². The molecule has 1 aromatic rings. The van der Waals surface area contributed by atoms with Gasteiger partial charge in [0.25, 0.3) is 5.91 Å². The van der Waals surface area contributed by atoms with Gasteiger partial charge in [-0.25, -0.2) is 0 Å². The van der Waals surface area contributed by atoms with Crippen molar-refractivity contribution in [2.24, 2.45) is 11.8 Å². The average molecular weight is 307 g/mol. The highest BCUT2D eigenvalue weighted by Crippen LogP contribution is 2.31. The molecule has 2 rings (SSSR count). The van der Waals surface area contributed by atoms with E-state index in [-0.39, 0.29) is 18.4 Å². The molecule has 6 heteroatoms. The van der Waals surface area contributed by atoms with Crippen molar-refractivity contribution in [1.29, 1.82) is 0 Å². The Kier molecular flexibility index (Phi) is 4.59. The van der Waals surface area contributed by atoms with Crippen LogP contribution in [0.15, 0.2) is 12.1 Å². The number of hydrogen-bond donors (Lipinski definition) is 1. The third kappa shape index (κ3) is 2.86.